The number of ketones is 1. The van der Waals surface area contributed by atoms with E-state index in [0.29, 0.717) is 20.6 Å². The smallest absolute Gasteiger partial charge is 0.265 e. The van der Waals surface area contributed by atoms with Gasteiger partial charge in [0.1, 0.15) is 0 Å². The van der Waals surface area contributed by atoms with Crippen molar-refractivity contribution >= 4 is 44.6 Å². The second kappa shape index (κ2) is 5.93. The lowest BCUT2D eigenvalue weighted by Crippen LogP contribution is -2.41. The molecule has 1 amide bonds. The molecule has 116 valence electrons. The molecule has 1 aromatic carbocycles. The maximum Gasteiger partial charge on any atom is 0.265 e. The Kier molecular flexibility index (Phi) is 4.11. The van der Waals surface area contributed by atoms with Gasteiger partial charge in [-0.25, -0.2) is 0 Å². The summed E-state index contributed by atoms with van der Waals surface area (Å²) in [6.45, 7) is 0.0446. The highest BCUT2D eigenvalue weighted by Gasteiger charge is 2.50. The second-order valence-electron chi connectivity index (χ2n) is 5.19. The van der Waals surface area contributed by atoms with E-state index in [0.717, 1.165) is 0 Å². The number of amides is 1. The van der Waals surface area contributed by atoms with Crippen molar-refractivity contribution in [2.45, 2.75) is 12.0 Å². The number of carbonyl (C=O) groups is 2. The molecule has 0 aliphatic carbocycles. The molecule has 0 spiro atoms. The first kappa shape index (κ1) is 15.9. The zero-order chi connectivity index (χ0) is 16.6. The zero-order valence-electron chi connectivity index (χ0n) is 12.0. The van der Waals surface area contributed by atoms with Crippen LogP contribution in [0.2, 0.25) is 0 Å². The number of rotatable bonds is 4. The van der Waals surface area contributed by atoms with Crippen LogP contribution in [-0.4, -0.2) is 23.3 Å². The minimum atomic E-state index is -1.89. The van der Waals surface area contributed by atoms with Crippen LogP contribution in [0, 0.1) is 12.3 Å². The molecule has 4 nitrogen and oxygen atoms in total. The molecule has 2 aromatic rings. The fraction of sp³-hybridized carbons (Fsp3) is 0.176. The molecule has 3 rings (SSSR count). The molecule has 1 N–H and O–H groups in total. The van der Waals surface area contributed by atoms with E-state index < -0.39 is 11.5 Å². The number of anilines is 1. The number of terminal acetylenes is 1. The standard InChI is InChI=1S/C17H12BrNO3S/c1-2-7-19-13-6-5-11(18)9-12(13)17(22,16(19)21)10-14(20)15-4-3-8-23-15/h1,3-6,8-9,22H,7,10H2. The van der Waals surface area contributed by atoms with Crippen molar-refractivity contribution in [3.63, 3.8) is 0 Å². The summed E-state index contributed by atoms with van der Waals surface area (Å²) in [4.78, 5) is 27.0. The molecule has 2 heterocycles. The molecule has 1 aliphatic rings. The maximum absolute atomic E-state index is 12.7. The van der Waals surface area contributed by atoms with E-state index in [9.17, 15) is 14.7 Å². The first-order valence-electron chi connectivity index (χ1n) is 6.82. The summed E-state index contributed by atoms with van der Waals surface area (Å²) in [6.07, 6.45) is 5.02. The quantitative estimate of drug-likeness (QED) is 0.645. The van der Waals surface area contributed by atoms with Gasteiger partial charge in [0.25, 0.3) is 5.91 Å². The third-order valence-corrected chi connectivity index (χ3v) is 5.16. The van der Waals surface area contributed by atoms with Crippen LogP contribution in [0.1, 0.15) is 21.7 Å². The van der Waals surface area contributed by atoms with E-state index in [2.05, 4.69) is 21.9 Å². The monoisotopic (exact) mass is 389 g/mol. The van der Waals surface area contributed by atoms with E-state index in [-0.39, 0.29) is 18.7 Å². The van der Waals surface area contributed by atoms with Crippen molar-refractivity contribution in [3.8, 4) is 12.3 Å². The van der Waals surface area contributed by atoms with Crippen LogP contribution in [-0.2, 0) is 10.4 Å². The van der Waals surface area contributed by atoms with Crippen LogP contribution in [0.3, 0.4) is 0 Å². The molecule has 1 unspecified atom stereocenters. The second-order valence-corrected chi connectivity index (χ2v) is 7.06. The number of aliphatic hydroxyl groups is 1. The van der Waals surface area contributed by atoms with Gasteiger partial charge in [-0.15, -0.1) is 17.8 Å². The van der Waals surface area contributed by atoms with Crippen molar-refractivity contribution in [1.29, 1.82) is 0 Å². The molecule has 0 fully saturated rings. The lowest BCUT2D eigenvalue weighted by molar-refractivity contribution is -0.135. The van der Waals surface area contributed by atoms with Crippen LogP contribution in [0.15, 0.2) is 40.2 Å². The number of halogens is 1. The van der Waals surface area contributed by atoms with E-state index >= 15 is 0 Å². The number of carbonyl (C=O) groups excluding carboxylic acids is 2. The number of thiophene rings is 1. The van der Waals surface area contributed by atoms with Gasteiger partial charge in [0.2, 0.25) is 0 Å². The average molecular weight is 390 g/mol. The minimum Gasteiger partial charge on any atom is -0.375 e. The Morgan fingerprint density at radius 3 is 2.87 bits per heavy atom. The first-order chi connectivity index (χ1) is 11.0. The van der Waals surface area contributed by atoms with Crippen molar-refractivity contribution < 1.29 is 14.7 Å². The molecule has 0 saturated carbocycles. The van der Waals surface area contributed by atoms with Gasteiger partial charge in [0, 0.05) is 10.0 Å². The Bertz CT molecular complexity index is 825. The van der Waals surface area contributed by atoms with Gasteiger partial charge in [0.05, 0.1) is 23.5 Å². The molecule has 0 bridgehead atoms. The summed E-state index contributed by atoms with van der Waals surface area (Å²) in [7, 11) is 0. The van der Waals surface area contributed by atoms with Crippen LogP contribution in [0.5, 0.6) is 0 Å². The Hall–Kier alpha value is -1.94. The third kappa shape index (κ3) is 2.61. The molecule has 0 saturated heterocycles. The summed E-state index contributed by atoms with van der Waals surface area (Å²) in [6, 6.07) is 8.57. The fourth-order valence-electron chi connectivity index (χ4n) is 2.70. The van der Waals surface area contributed by atoms with Gasteiger partial charge < -0.3 is 5.11 Å². The number of fused-ring (bicyclic) bond motifs is 1. The summed E-state index contributed by atoms with van der Waals surface area (Å²) >= 11 is 4.62. The SMILES string of the molecule is C#CCN1C(=O)C(O)(CC(=O)c2cccs2)c2cc(Br)ccc21. The van der Waals surface area contributed by atoms with E-state index in [1.54, 1.807) is 35.7 Å². The molecule has 1 atom stereocenters. The molecular formula is C17H12BrNO3S. The topological polar surface area (TPSA) is 57.6 Å². The molecular weight excluding hydrogens is 378 g/mol. The van der Waals surface area contributed by atoms with Crippen LogP contribution in [0.4, 0.5) is 5.69 Å². The summed E-state index contributed by atoms with van der Waals surface area (Å²) in [5.74, 6) is 1.58. The first-order valence-corrected chi connectivity index (χ1v) is 8.49. The summed E-state index contributed by atoms with van der Waals surface area (Å²) < 4.78 is 0.716. The Balaban J connectivity index is 2.04. The Morgan fingerprint density at radius 1 is 1.43 bits per heavy atom. The van der Waals surface area contributed by atoms with Gasteiger partial charge in [-0.1, -0.05) is 27.9 Å². The predicted molar refractivity (Wildman–Crippen MR) is 92.5 cm³/mol. The highest BCUT2D eigenvalue weighted by atomic mass is 79.9. The third-order valence-electron chi connectivity index (χ3n) is 3.76. The van der Waals surface area contributed by atoms with Crippen LogP contribution in [0.25, 0.3) is 0 Å². The number of benzene rings is 1. The van der Waals surface area contributed by atoms with Gasteiger partial charge in [-0.05, 0) is 29.6 Å². The molecule has 0 radical (unpaired) electrons. The van der Waals surface area contributed by atoms with Crippen molar-refractivity contribution in [3.05, 3.63) is 50.6 Å². The van der Waals surface area contributed by atoms with Crippen molar-refractivity contribution in [1.82, 2.24) is 0 Å². The summed E-state index contributed by atoms with van der Waals surface area (Å²) in [5, 5.41) is 12.8. The molecule has 6 heteroatoms. The van der Waals surface area contributed by atoms with Gasteiger partial charge in [-0.2, -0.15) is 0 Å². The minimum absolute atomic E-state index is 0.0446. The lowest BCUT2D eigenvalue weighted by Gasteiger charge is -2.21. The Morgan fingerprint density at radius 2 is 2.22 bits per heavy atom. The van der Waals surface area contributed by atoms with E-state index in [1.165, 1.54) is 16.2 Å². The van der Waals surface area contributed by atoms with E-state index in [4.69, 9.17) is 6.42 Å². The highest BCUT2D eigenvalue weighted by Crippen LogP contribution is 2.44. The van der Waals surface area contributed by atoms with Gasteiger partial charge in [-0.3, -0.25) is 14.5 Å². The fourth-order valence-corrected chi connectivity index (χ4v) is 3.72. The van der Waals surface area contributed by atoms with Crippen LogP contribution >= 0.6 is 27.3 Å². The Labute approximate surface area is 145 Å². The summed E-state index contributed by atoms with van der Waals surface area (Å²) in [5.41, 5.74) is -0.952. The number of hydrogen-bond donors (Lipinski definition) is 1. The zero-order valence-corrected chi connectivity index (χ0v) is 14.4. The van der Waals surface area contributed by atoms with Gasteiger partial charge in [0.15, 0.2) is 11.4 Å². The lowest BCUT2D eigenvalue weighted by atomic mass is 9.89. The average Bonchev–Trinajstić information content (AvgIpc) is 3.11. The molecule has 1 aliphatic heterocycles. The highest BCUT2D eigenvalue weighted by molar-refractivity contribution is 9.10. The van der Waals surface area contributed by atoms with E-state index in [1.807, 2.05) is 0 Å². The van der Waals surface area contributed by atoms with Gasteiger partial charge >= 0.3 is 0 Å². The maximum atomic E-state index is 12.7. The number of hydrogen-bond acceptors (Lipinski definition) is 4. The molecule has 23 heavy (non-hydrogen) atoms. The number of Topliss-reactive ketones (excluding diaryl/α,β-unsaturated/α-hetero) is 1. The van der Waals surface area contributed by atoms with Crippen molar-refractivity contribution in [2.75, 3.05) is 11.4 Å². The largest absolute Gasteiger partial charge is 0.375 e. The number of nitrogens with zero attached hydrogens (tertiary/aromatic N) is 1. The molecule has 1 aromatic heterocycles. The van der Waals surface area contributed by atoms with Crippen LogP contribution < -0.4 is 4.90 Å². The predicted octanol–water partition coefficient (Wildman–Crippen LogP) is 2.95. The normalized spacial score (nSPS) is 19.5. The van der Waals surface area contributed by atoms with Crippen molar-refractivity contribution in [2.24, 2.45) is 0 Å².